The second-order valence-corrected chi connectivity index (χ2v) is 8.23. The number of nitrogens with one attached hydrogen (secondary N) is 2. The summed E-state index contributed by atoms with van der Waals surface area (Å²) in [6.45, 7) is 1.93. The molecule has 0 aliphatic heterocycles. The van der Waals surface area contributed by atoms with Crippen LogP contribution in [0, 0.1) is 0 Å². The van der Waals surface area contributed by atoms with Gasteiger partial charge in [0.05, 0.1) is 11.4 Å². The van der Waals surface area contributed by atoms with E-state index >= 15 is 0 Å². The van der Waals surface area contributed by atoms with E-state index in [0.717, 1.165) is 43.4 Å². The molecule has 4 rings (SSSR count). The molecule has 7 nitrogen and oxygen atoms in total. The monoisotopic (exact) mass is 432 g/mol. The molecular weight excluding hydrogens is 404 g/mol. The van der Waals surface area contributed by atoms with E-state index in [0.29, 0.717) is 23.5 Å². The molecule has 166 valence electrons. The number of aromatic hydroxyl groups is 1. The summed E-state index contributed by atoms with van der Waals surface area (Å²) in [5.41, 5.74) is 3.60. The third kappa shape index (κ3) is 4.99. The highest BCUT2D eigenvalue weighted by Crippen LogP contribution is 2.37. The topological polar surface area (TPSA) is 96.3 Å². The summed E-state index contributed by atoms with van der Waals surface area (Å²) in [7, 11) is 0. The van der Waals surface area contributed by atoms with Crippen molar-refractivity contribution in [1.29, 1.82) is 0 Å². The molecule has 1 fully saturated rings. The Kier molecular flexibility index (Phi) is 6.54. The summed E-state index contributed by atoms with van der Waals surface area (Å²) in [6, 6.07) is 16.6. The van der Waals surface area contributed by atoms with Gasteiger partial charge in [0, 0.05) is 36.7 Å². The second kappa shape index (κ2) is 9.68. The zero-order valence-corrected chi connectivity index (χ0v) is 18.2. The van der Waals surface area contributed by atoms with Gasteiger partial charge < -0.3 is 15.7 Å². The molecule has 1 aromatic heterocycles. The molecule has 0 radical (unpaired) electrons. The largest absolute Gasteiger partial charge is 0.507 e. The molecule has 3 aromatic rings. The molecule has 2 amide bonds. The zero-order valence-electron chi connectivity index (χ0n) is 18.2. The number of phenolic OH excluding ortho intramolecular Hbond substituents is 1. The average molecular weight is 433 g/mol. The van der Waals surface area contributed by atoms with Gasteiger partial charge in [-0.2, -0.15) is 9.78 Å². The predicted octanol–water partition coefficient (Wildman–Crippen LogP) is 4.67. The lowest BCUT2D eigenvalue weighted by atomic mass is 10.0. The van der Waals surface area contributed by atoms with Gasteiger partial charge in [-0.05, 0) is 43.0 Å². The van der Waals surface area contributed by atoms with Crippen molar-refractivity contribution >= 4 is 17.6 Å². The fourth-order valence-corrected chi connectivity index (χ4v) is 4.26. The van der Waals surface area contributed by atoms with Gasteiger partial charge in [0.15, 0.2) is 0 Å². The molecule has 2 aromatic carbocycles. The minimum absolute atomic E-state index is 0.00311. The Hall–Kier alpha value is -3.61. The van der Waals surface area contributed by atoms with Gasteiger partial charge in [0.25, 0.3) is 0 Å². The summed E-state index contributed by atoms with van der Waals surface area (Å²) in [4.78, 5) is 24.3. The SMILES string of the molecule is CC(=O)Nc1ccc(-c2cc(C3CCCC3)n(C(=O)NCCc3ccccc3)n2)c(O)c1. The third-order valence-corrected chi connectivity index (χ3v) is 5.83. The van der Waals surface area contributed by atoms with Crippen LogP contribution in [-0.2, 0) is 11.2 Å². The number of nitrogens with zero attached hydrogens (tertiary/aromatic N) is 2. The molecule has 7 heteroatoms. The van der Waals surface area contributed by atoms with Crippen LogP contribution in [0.1, 0.15) is 49.8 Å². The number of anilines is 1. The van der Waals surface area contributed by atoms with E-state index in [2.05, 4.69) is 15.7 Å². The van der Waals surface area contributed by atoms with E-state index in [4.69, 9.17) is 0 Å². The standard InChI is InChI=1S/C25H28N4O3/c1-17(30)27-20-11-12-21(24(31)15-20)22-16-23(19-9-5-6-10-19)29(28-22)25(32)26-14-13-18-7-3-2-4-8-18/h2-4,7-8,11-12,15-16,19,31H,5-6,9-10,13-14H2,1H3,(H,26,32)(H,27,30). The highest BCUT2D eigenvalue weighted by molar-refractivity contribution is 5.89. The second-order valence-electron chi connectivity index (χ2n) is 8.23. The maximum Gasteiger partial charge on any atom is 0.342 e. The van der Waals surface area contributed by atoms with E-state index < -0.39 is 0 Å². The molecule has 1 aliphatic rings. The number of carbonyl (C=O) groups excluding carboxylic acids is 2. The van der Waals surface area contributed by atoms with E-state index in [1.54, 1.807) is 12.1 Å². The first-order valence-electron chi connectivity index (χ1n) is 11.0. The number of rotatable bonds is 6. The van der Waals surface area contributed by atoms with Crippen LogP contribution in [-0.4, -0.2) is 33.4 Å². The van der Waals surface area contributed by atoms with Crippen molar-refractivity contribution in [3.63, 3.8) is 0 Å². The summed E-state index contributed by atoms with van der Waals surface area (Å²) in [5, 5.41) is 20.7. The van der Waals surface area contributed by atoms with Crippen molar-refractivity contribution in [3.8, 4) is 17.0 Å². The van der Waals surface area contributed by atoms with E-state index in [1.807, 2.05) is 36.4 Å². The summed E-state index contributed by atoms with van der Waals surface area (Å²) in [5.74, 6) is 0.0670. The van der Waals surface area contributed by atoms with Crippen LogP contribution in [0.2, 0.25) is 0 Å². The highest BCUT2D eigenvalue weighted by atomic mass is 16.3. The zero-order chi connectivity index (χ0) is 22.5. The molecule has 1 aliphatic carbocycles. The quantitative estimate of drug-likeness (QED) is 0.527. The highest BCUT2D eigenvalue weighted by Gasteiger charge is 2.26. The number of hydrogen-bond donors (Lipinski definition) is 3. The third-order valence-electron chi connectivity index (χ3n) is 5.83. The molecule has 1 heterocycles. The van der Waals surface area contributed by atoms with Gasteiger partial charge >= 0.3 is 6.03 Å². The first-order chi connectivity index (χ1) is 15.5. The number of hydrogen-bond acceptors (Lipinski definition) is 4. The molecule has 3 N–H and O–H groups in total. The molecule has 0 bridgehead atoms. The van der Waals surface area contributed by atoms with Gasteiger partial charge in [-0.15, -0.1) is 0 Å². The van der Waals surface area contributed by atoms with Gasteiger partial charge in [-0.25, -0.2) is 4.79 Å². The Morgan fingerprint density at radius 2 is 1.84 bits per heavy atom. The maximum absolute atomic E-state index is 13.0. The van der Waals surface area contributed by atoms with Crippen LogP contribution in [0.25, 0.3) is 11.3 Å². The van der Waals surface area contributed by atoms with Crippen LogP contribution in [0.5, 0.6) is 5.75 Å². The lowest BCUT2D eigenvalue weighted by Gasteiger charge is -2.12. The Bertz CT molecular complexity index is 1100. The van der Waals surface area contributed by atoms with Crippen LogP contribution in [0.3, 0.4) is 0 Å². The maximum atomic E-state index is 13.0. The van der Waals surface area contributed by atoms with Crippen LogP contribution < -0.4 is 10.6 Å². The van der Waals surface area contributed by atoms with Crippen molar-refractivity contribution in [1.82, 2.24) is 15.1 Å². The lowest BCUT2D eigenvalue weighted by Crippen LogP contribution is -2.32. The van der Waals surface area contributed by atoms with Gasteiger partial charge in [-0.1, -0.05) is 43.2 Å². The van der Waals surface area contributed by atoms with E-state index in [1.165, 1.54) is 17.7 Å². The van der Waals surface area contributed by atoms with Crippen LogP contribution in [0.4, 0.5) is 10.5 Å². The Balaban J connectivity index is 1.56. The average Bonchev–Trinajstić information content (AvgIpc) is 3.44. The molecule has 32 heavy (non-hydrogen) atoms. The fraction of sp³-hybridized carbons (Fsp3) is 0.320. The van der Waals surface area contributed by atoms with Gasteiger partial charge in [0.1, 0.15) is 5.75 Å². The molecular formula is C25H28N4O3. The summed E-state index contributed by atoms with van der Waals surface area (Å²) in [6.07, 6.45) is 5.06. The predicted molar refractivity (Wildman–Crippen MR) is 124 cm³/mol. The molecule has 0 unspecified atom stereocenters. The van der Waals surface area contributed by atoms with Crippen molar-refractivity contribution in [2.75, 3.05) is 11.9 Å². The number of benzene rings is 2. The molecule has 0 atom stereocenters. The number of phenols is 1. The van der Waals surface area contributed by atoms with Crippen LogP contribution >= 0.6 is 0 Å². The first-order valence-corrected chi connectivity index (χ1v) is 11.0. The Morgan fingerprint density at radius 3 is 2.53 bits per heavy atom. The first kappa shape index (κ1) is 21.6. The number of carbonyl (C=O) groups is 2. The minimum atomic E-state index is -0.261. The number of aromatic nitrogens is 2. The molecule has 0 spiro atoms. The molecule has 0 saturated heterocycles. The molecule has 1 saturated carbocycles. The van der Waals surface area contributed by atoms with E-state index in [9.17, 15) is 14.7 Å². The van der Waals surface area contributed by atoms with Crippen molar-refractivity contribution < 1.29 is 14.7 Å². The van der Waals surface area contributed by atoms with Crippen molar-refractivity contribution in [2.45, 2.75) is 44.9 Å². The minimum Gasteiger partial charge on any atom is -0.507 e. The summed E-state index contributed by atoms with van der Waals surface area (Å²) >= 11 is 0. The summed E-state index contributed by atoms with van der Waals surface area (Å²) < 4.78 is 1.46. The fourth-order valence-electron chi connectivity index (χ4n) is 4.26. The Labute approximate surface area is 187 Å². The van der Waals surface area contributed by atoms with Gasteiger partial charge in [-0.3, -0.25) is 4.79 Å². The smallest absolute Gasteiger partial charge is 0.342 e. The van der Waals surface area contributed by atoms with Crippen molar-refractivity contribution in [3.05, 3.63) is 65.9 Å². The lowest BCUT2D eigenvalue weighted by molar-refractivity contribution is -0.114. The van der Waals surface area contributed by atoms with Crippen molar-refractivity contribution in [2.24, 2.45) is 0 Å². The van der Waals surface area contributed by atoms with Crippen LogP contribution in [0.15, 0.2) is 54.6 Å². The number of amides is 2. The Morgan fingerprint density at radius 1 is 1.09 bits per heavy atom. The van der Waals surface area contributed by atoms with E-state index in [-0.39, 0.29) is 23.6 Å². The normalized spacial score (nSPS) is 13.8. The van der Waals surface area contributed by atoms with Gasteiger partial charge in [0.2, 0.25) is 5.91 Å².